The van der Waals surface area contributed by atoms with Crippen LogP contribution in [0.5, 0.6) is 0 Å². The Kier molecular flexibility index (Phi) is 7.99. The number of nitrogens with zero attached hydrogens (tertiary/aromatic N) is 1. The average Bonchev–Trinajstić information content (AvgIpc) is 3.08. The first-order chi connectivity index (χ1) is 13.3. The van der Waals surface area contributed by atoms with Gasteiger partial charge in [-0.1, -0.05) is 11.6 Å². The third-order valence-corrected chi connectivity index (χ3v) is 3.65. The zero-order valence-electron chi connectivity index (χ0n) is 14.0. The highest BCUT2D eigenvalue weighted by Crippen LogP contribution is 2.61. The fourth-order valence-corrected chi connectivity index (χ4v) is 2.69. The summed E-state index contributed by atoms with van der Waals surface area (Å²) in [6, 6.07) is 3.97. The zero-order chi connectivity index (χ0) is 21.9. The molecule has 2 heterocycles. The Morgan fingerprint density at radius 2 is 1.41 bits per heavy atom. The fourth-order valence-electron chi connectivity index (χ4n) is 2.46. The Labute approximate surface area is 181 Å². The van der Waals surface area contributed by atoms with Gasteiger partial charge in [0.2, 0.25) is 5.91 Å². The largest absolute Gasteiger partial charge is 0.339 e. The summed E-state index contributed by atoms with van der Waals surface area (Å²) in [6.07, 6.45) is 0.385. The summed E-state index contributed by atoms with van der Waals surface area (Å²) in [4.78, 5) is 14.5. The van der Waals surface area contributed by atoms with Crippen molar-refractivity contribution in [1.29, 1.82) is 0 Å². The summed E-state index contributed by atoms with van der Waals surface area (Å²) >= 11 is 19.4. The summed E-state index contributed by atoms with van der Waals surface area (Å²) in [5.41, 5.74) is 1.18. The predicted octanol–water partition coefficient (Wildman–Crippen LogP) is 7.06. The van der Waals surface area contributed by atoms with Gasteiger partial charge in [0.25, 0.3) is 0 Å². The molecular formula is C16H9Cl4F4N2O2P. The van der Waals surface area contributed by atoms with E-state index in [1.54, 1.807) is 0 Å². The minimum atomic E-state index is -3.22. The molecule has 29 heavy (non-hydrogen) atoms. The van der Waals surface area contributed by atoms with Gasteiger partial charge in [0, 0.05) is 18.6 Å². The van der Waals surface area contributed by atoms with Crippen molar-refractivity contribution in [2.75, 3.05) is 5.32 Å². The number of hydrogen-bond donors (Lipinski definition) is 1. The highest BCUT2D eigenvalue weighted by molar-refractivity contribution is 8.24. The quantitative estimate of drug-likeness (QED) is 0.305. The van der Waals surface area contributed by atoms with Gasteiger partial charge in [0.1, 0.15) is 28.3 Å². The molecule has 0 aliphatic carbocycles. The van der Waals surface area contributed by atoms with Crippen LogP contribution in [0, 0.1) is 23.3 Å². The molecule has 0 saturated carbocycles. The van der Waals surface area contributed by atoms with E-state index in [1.807, 2.05) is 0 Å². The number of benzene rings is 2. The molecule has 2 aromatic rings. The van der Waals surface area contributed by atoms with Gasteiger partial charge in [0.15, 0.2) is 5.82 Å². The van der Waals surface area contributed by atoms with Gasteiger partial charge in [0.05, 0.1) is 12.1 Å². The summed E-state index contributed by atoms with van der Waals surface area (Å²) in [5.74, 6) is -2.90. The van der Waals surface area contributed by atoms with Crippen molar-refractivity contribution in [2.24, 2.45) is 4.99 Å². The Bertz CT molecular complexity index is 1040. The van der Waals surface area contributed by atoms with Crippen LogP contribution in [-0.4, -0.2) is 11.1 Å². The molecule has 0 bridgehead atoms. The fraction of sp³-hybridized carbons (Fsp3) is 0.125. The third kappa shape index (κ3) is 7.46. The lowest BCUT2D eigenvalue weighted by Crippen LogP contribution is -2.04. The zero-order valence-corrected chi connectivity index (χ0v) is 17.9. The van der Waals surface area contributed by atoms with Gasteiger partial charge in [-0.3, -0.25) is 9.36 Å². The molecule has 0 atom stereocenters. The highest BCUT2D eigenvalue weighted by atomic mass is 36.0. The van der Waals surface area contributed by atoms with E-state index < -0.39 is 28.5 Å². The molecule has 2 aliphatic heterocycles. The van der Waals surface area contributed by atoms with Crippen LogP contribution in [0.2, 0.25) is 0 Å². The number of rotatable bonds is 0. The Balaban J connectivity index is 0.000000170. The Hall–Kier alpha value is -1.31. The molecule has 0 fully saturated rings. The number of fused-ring (bicyclic) bond motifs is 2. The van der Waals surface area contributed by atoms with E-state index in [0.29, 0.717) is 22.7 Å². The number of carbonyl (C=O) groups excluding carboxylic acids is 1. The predicted molar refractivity (Wildman–Crippen MR) is 107 cm³/mol. The number of nitrogens with one attached hydrogen (secondary N) is 1. The monoisotopic (exact) mass is 508 g/mol. The number of hydrogen-bond acceptors (Lipinski definition) is 3. The standard InChI is InChI=1S/C8H4ClF2N.C8H5F2NO.Cl3OP/c9-7-2-4-1-5(10)3-6(11)8(4)12-7;9-5-1-4-2-7(12)11-8(4)6(10)3-5;1-5(2,3)4/h1,3H,2H2;1,3H,2H2,(H,11,12);. The van der Waals surface area contributed by atoms with E-state index in [2.05, 4.69) is 44.0 Å². The van der Waals surface area contributed by atoms with Crippen LogP contribution >= 0.6 is 50.5 Å². The molecule has 0 spiro atoms. The molecule has 2 aliphatic rings. The van der Waals surface area contributed by atoms with Crippen molar-refractivity contribution in [3.05, 3.63) is 58.7 Å². The van der Waals surface area contributed by atoms with Gasteiger partial charge in [-0.15, -0.1) is 0 Å². The molecule has 13 heteroatoms. The van der Waals surface area contributed by atoms with Gasteiger partial charge in [-0.2, -0.15) is 0 Å². The van der Waals surface area contributed by atoms with E-state index in [9.17, 15) is 26.9 Å². The molecule has 1 N–H and O–H groups in total. The molecular weight excluding hydrogens is 501 g/mol. The minimum Gasteiger partial charge on any atom is -0.323 e. The number of anilines is 1. The Morgan fingerprint density at radius 3 is 2.00 bits per heavy atom. The first-order valence-corrected chi connectivity index (χ1v) is 12.3. The molecule has 4 rings (SSSR count). The summed E-state index contributed by atoms with van der Waals surface area (Å²) in [5, 5.41) is -0.609. The topological polar surface area (TPSA) is 58.5 Å². The highest BCUT2D eigenvalue weighted by Gasteiger charge is 2.22. The van der Waals surface area contributed by atoms with Crippen LogP contribution in [0.3, 0.4) is 0 Å². The van der Waals surface area contributed by atoms with Gasteiger partial charge in [-0.25, -0.2) is 22.6 Å². The number of aliphatic imine (C=N–C) groups is 1. The summed E-state index contributed by atoms with van der Waals surface area (Å²) in [6.45, 7) is 0. The van der Waals surface area contributed by atoms with Gasteiger partial charge >= 0.3 is 5.20 Å². The van der Waals surface area contributed by atoms with E-state index in [4.69, 9.17) is 11.6 Å². The molecule has 0 saturated heterocycles. The smallest absolute Gasteiger partial charge is 0.323 e. The van der Waals surface area contributed by atoms with Crippen LogP contribution in [0.15, 0.2) is 29.3 Å². The first-order valence-electron chi connectivity index (χ1n) is 7.51. The maximum atomic E-state index is 12.9. The summed E-state index contributed by atoms with van der Waals surface area (Å²) < 4.78 is 60.5. The van der Waals surface area contributed by atoms with Crippen LogP contribution in [0.1, 0.15) is 11.1 Å². The lowest BCUT2D eigenvalue weighted by atomic mass is 10.1. The van der Waals surface area contributed by atoms with Crippen molar-refractivity contribution in [2.45, 2.75) is 12.8 Å². The SMILES string of the molecule is Fc1cc(F)c2c(c1)CC(Cl)=N2.O=C1Cc2cc(F)cc(F)c2N1.O=P(Cl)(Cl)Cl. The van der Waals surface area contributed by atoms with Crippen LogP contribution in [-0.2, 0) is 22.2 Å². The number of halogens is 8. The molecule has 156 valence electrons. The maximum Gasteiger partial charge on any atom is 0.339 e. The lowest BCUT2D eigenvalue weighted by Gasteiger charge is -1.99. The molecule has 1 amide bonds. The normalized spacial score (nSPS) is 13.9. The number of carbonyl (C=O) groups is 1. The molecule has 0 aromatic heterocycles. The maximum absolute atomic E-state index is 12.9. The average molecular weight is 510 g/mol. The van der Waals surface area contributed by atoms with E-state index >= 15 is 0 Å². The van der Waals surface area contributed by atoms with Crippen molar-refractivity contribution >= 4 is 73.0 Å². The van der Waals surface area contributed by atoms with Crippen LogP contribution < -0.4 is 5.32 Å². The second kappa shape index (κ2) is 9.67. The second-order valence-corrected chi connectivity index (χ2v) is 12.7. The van der Waals surface area contributed by atoms with Crippen LogP contribution in [0.25, 0.3) is 0 Å². The van der Waals surface area contributed by atoms with Crippen LogP contribution in [0.4, 0.5) is 28.9 Å². The van der Waals surface area contributed by atoms with Crippen molar-refractivity contribution < 1.29 is 26.9 Å². The number of amides is 1. The molecule has 4 nitrogen and oxygen atoms in total. The van der Waals surface area contributed by atoms with E-state index in [0.717, 1.165) is 18.2 Å². The first kappa shape index (κ1) is 24.0. The lowest BCUT2D eigenvalue weighted by molar-refractivity contribution is -0.115. The molecule has 0 unspecified atom stereocenters. The van der Waals surface area contributed by atoms with E-state index in [1.165, 1.54) is 6.07 Å². The second-order valence-electron chi connectivity index (χ2n) is 5.61. The van der Waals surface area contributed by atoms with Gasteiger partial charge < -0.3 is 5.32 Å². The molecule has 0 radical (unpaired) electrons. The van der Waals surface area contributed by atoms with Gasteiger partial charge in [-0.05, 0) is 57.0 Å². The van der Waals surface area contributed by atoms with Crippen molar-refractivity contribution in [3.8, 4) is 0 Å². The van der Waals surface area contributed by atoms with E-state index in [-0.39, 0.29) is 23.7 Å². The van der Waals surface area contributed by atoms with Crippen molar-refractivity contribution in [3.63, 3.8) is 0 Å². The minimum absolute atomic E-state index is 0.0595. The Morgan fingerprint density at radius 1 is 0.897 bits per heavy atom. The molecule has 2 aromatic carbocycles. The van der Waals surface area contributed by atoms with Crippen molar-refractivity contribution in [1.82, 2.24) is 0 Å². The third-order valence-electron chi connectivity index (χ3n) is 3.43. The summed E-state index contributed by atoms with van der Waals surface area (Å²) in [7, 11) is 0.